The molecule has 0 aromatic carbocycles. The first-order chi connectivity index (χ1) is 13.3. The van der Waals surface area contributed by atoms with E-state index in [1.807, 2.05) is 12.2 Å². The summed E-state index contributed by atoms with van der Waals surface area (Å²) < 4.78 is 5.14. The zero-order chi connectivity index (χ0) is 19.6. The van der Waals surface area contributed by atoms with Crippen molar-refractivity contribution in [3.05, 3.63) is 23.3 Å². The van der Waals surface area contributed by atoms with Crippen molar-refractivity contribution >= 4 is 5.97 Å². The number of aliphatic hydroxyl groups excluding tert-OH is 1. The van der Waals surface area contributed by atoms with Crippen molar-refractivity contribution in [1.82, 2.24) is 4.90 Å². The second-order valence-corrected chi connectivity index (χ2v) is 10.1. The summed E-state index contributed by atoms with van der Waals surface area (Å²) in [6.45, 7) is 3.50. The molecular weight excluding hydrogens is 358 g/mol. The van der Waals surface area contributed by atoms with Gasteiger partial charge in [-0.2, -0.15) is 0 Å². The topological polar surface area (TPSA) is 90.2 Å². The lowest BCUT2D eigenvalue weighted by Crippen LogP contribution is -2.76. The maximum absolute atomic E-state index is 12.7. The third-order valence-electron chi connectivity index (χ3n) is 9.33. The highest BCUT2D eigenvalue weighted by Crippen LogP contribution is 2.75. The molecule has 2 aliphatic heterocycles. The van der Waals surface area contributed by atoms with Gasteiger partial charge >= 0.3 is 5.97 Å². The van der Waals surface area contributed by atoms with Crippen molar-refractivity contribution in [2.75, 3.05) is 20.2 Å². The Morgan fingerprint density at radius 3 is 2.86 bits per heavy atom. The molecular formula is C22H29NO5. The van der Waals surface area contributed by atoms with Crippen molar-refractivity contribution in [3.63, 3.8) is 0 Å². The Bertz CT molecular complexity index is 837. The molecule has 3 fully saturated rings. The predicted molar refractivity (Wildman–Crippen MR) is 99.7 cm³/mol. The van der Waals surface area contributed by atoms with E-state index in [4.69, 9.17) is 4.74 Å². The Labute approximate surface area is 164 Å². The van der Waals surface area contributed by atoms with Gasteiger partial charge in [0, 0.05) is 24.9 Å². The fourth-order valence-electron chi connectivity index (χ4n) is 8.42. The van der Waals surface area contributed by atoms with Crippen LogP contribution in [0.4, 0.5) is 0 Å². The lowest BCUT2D eigenvalue weighted by molar-refractivity contribution is -0.285. The summed E-state index contributed by atoms with van der Waals surface area (Å²) >= 11 is 0. The van der Waals surface area contributed by atoms with Crippen LogP contribution in [0.15, 0.2) is 23.3 Å². The van der Waals surface area contributed by atoms with E-state index in [0.29, 0.717) is 19.4 Å². The minimum atomic E-state index is -1.25. The van der Waals surface area contributed by atoms with Crippen LogP contribution in [0.25, 0.3) is 0 Å². The van der Waals surface area contributed by atoms with E-state index in [1.54, 1.807) is 0 Å². The van der Waals surface area contributed by atoms with Gasteiger partial charge in [-0.25, -0.2) is 0 Å². The summed E-state index contributed by atoms with van der Waals surface area (Å²) in [5, 5.41) is 35.7. The number of esters is 1. The number of hydrogen-bond donors (Lipinski definition) is 3. The summed E-state index contributed by atoms with van der Waals surface area (Å²) in [5.41, 5.74) is -1.46. The van der Waals surface area contributed by atoms with Crippen LogP contribution in [0.1, 0.15) is 32.6 Å². The van der Waals surface area contributed by atoms with Crippen molar-refractivity contribution in [2.24, 2.45) is 35.0 Å². The number of carbonyl (C=O) groups is 1. The number of nitrogens with zero attached hydrogens (tertiary/aromatic N) is 1. The molecule has 4 aliphatic carbocycles. The average molecular weight is 387 g/mol. The highest BCUT2D eigenvalue weighted by atomic mass is 16.5. The van der Waals surface area contributed by atoms with E-state index in [1.165, 1.54) is 7.11 Å². The molecule has 6 heteroatoms. The highest BCUT2D eigenvalue weighted by Gasteiger charge is 2.81. The van der Waals surface area contributed by atoms with Crippen LogP contribution >= 0.6 is 0 Å². The van der Waals surface area contributed by atoms with E-state index < -0.39 is 22.8 Å². The first-order valence-electron chi connectivity index (χ1n) is 10.7. The fraction of sp³-hybridized carbons (Fsp3) is 0.773. The van der Waals surface area contributed by atoms with E-state index >= 15 is 0 Å². The normalized spacial score (nSPS) is 56.0. The molecule has 9 atom stereocenters. The first kappa shape index (κ1) is 17.6. The molecule has 0 aromatic rings. The highest BCUT2D eigenvalue weighted by molar-refractivity contribution is 5.76. The SMILES string of the molecule is COC(=O)[C@@H]1CC23C4=C(CC[C@@H]41)[C@H](O)C[C@@H]1CN4C[C@@H](C)C(C=C[C@@]12O)[C@]43O. The minimum Gasteiger partial charge on any atom is -0.469 e. The maximum atomic E-state index is 12.7. The van der Waals surface area contributed by atoms with Crippen LogP contribution in [0.3, 0.4) is 0 Å². The number of piperidine rings is 1. The number of methoxy groups -OCH3 is 1. The van der Waals surface area contributed by atoms with Crippen molar-refractivity contribution in [2.45, 2.75) is 50.0 Å². The molecule has 1 spiro atoms. The monoisotopic (exact) mass is 387 g/mol. The van der Waals surface area contributed by atoms with Crippen molar-refractivity contribution in [3.8, 4) is 0 Å². The quantitative estimate of drug-likeness (QED) is 0.456. The minimum absolute atomic E-state index is 0.0607. The average Bonchev–Trinajstić information content (AvgIpc) is 3.29. The Morgan fingerprint density at radius 1 is 1.32 bits per heavy atom. The lowest BCUT2D eigenvalue weighted by Gasteiger charge is -2.65. The Kier molecular flexibility index (Phi) is 3.21. The van der Waals surface area contributed by atoms with Gasteiger partial charge in [-0.15, -0.1) is 0 Å². The Hall–Kier alpha value is -1.21. The number of aliphatic hydroxyl groups is 3. The Balaban J connectivity index is 1.68. The second kappa shape index (κ2) is 5.09. The first-order valence-corrected chi connectivity index (χ1v) is 10.7. The van der Waals surface area contributed by atoms with Gasteiger partial charge in [0.1, 0.15) is 11.3 Å². The molecule has 2 heterocycles. The summed E-state index contributed by atoms with van der Waals surface area (Å²) in [5.74, 6) is -0.686. The van der Waals surface area contributed by atoms with Crippen LogP contribution in [0.5, 0.6) is 0 Å². The molecule has 6 aliphatic rings. The van der Waals surface area contributed by atoms with E-state index in [0.717, 1.165) is 30.5 Å². The molecule has 6 nitrogen and oxygen atoms in total. The Morgan fingerprint density at radius 2 is 2.11 bits per heavy atom. The summed E-state index contributed by atoms with van der Waals surface area (Å²) in [4.78, 5) is 14.9. The molecule has 0 amide bonds. The fourth-order valence-corrected chi connectivity index (χ4v) is 8.42. The number of ether oxygens (including phenoxy) is 1. The number of hydrogen-bond acceptors (Lipinski definition) is 6. The standard InChI is InChI=1S/C22H29NO5/c1-11-9-23-10-12-7-17(24)14-4-3-13-15(19(25)28-2)8-20(18(13)14)21(12,26)6-5-16(11)22(20,23)27/h5-6,11-13,15-17,24,26-27H,3-4,7-10H2,1-2H3/t11-,12-,13-,15-,16?,17-,20?,21-,22-/m1/s1. The van der Waals surface area contributed by atoms with Crippen molar-refractivity contribution < 1.29 is 24.9 Å². The number of carbonyl (C=O) groups excluding carboxylic acids is 1. The molecule has 1 saturated carbocycles. The molecule has 4 bridgehead atoms. The van der Waals surface area contributed by atoms with Gasteiger partial charge in [0.2, 0.25) is 0 Å². The van der Waals surface area contributed by atoms with Gasteiger partial charge in [0.15, 0.2) is 0 Å². The molecule has 0 aromatic heterocycles. The van der Waals surface area contributed by atoms with Crippen LogP contribution in [0.2, 0.25) is 0 Å². The van der Waals surface area contributed by atoms with Gasteiger partial charge in [-0.3, -0.25) is 9.69 Å². The van der Waals surface area contributed by atoms with E-state index in [2.05, 4.69) is 11.8 Å². The molecule has 2 saturated heterocycles. The third-order valence-corrected chi connectivity index (χ3v) is 9.33. The van der Waals surface area contributed by atoms with Gasteiger partial charge in [-0.05, 0) is 43.1 Å². The third kappa shape index (κ3) is 1.56. The molecule has 2 unspecified atom stereocenters. The van der Waals surface area contributed by atoms with Crippen LogP contribution in [-0.4, -0.2) is 63.8 Å². The summed E-state index contributed by atoms with van der Waals surface area (Å²) in [7, 11) is 1.41. The molecule has 0 radical (unpaired) electrons. The number of rotatable bonds is 1. The molecule has 28 heavy (non-hydrogen) atoms. The maximum Gasteiger partial charge on any atom is 0.309 e. The van der Waals surface area contributed by atoms with Gasteiger partial charge < -0.3 is 20.1 Å². The van der Waals surface area contributed by atoms with Gasteiger partial charge in [0.05, 0.1) is 24.5 Å². The van der Waals surface area contributed by atoms with Crippen LogP contribution < -0.4 is 0 Å². The zero-order valence-corrected chi connectivity index (χ0v) is 16.5. The smallest absolute Gasteiger partial charge is 0.309 e. The van der Waals surface area contributed by atoms with Crippen molar-refractivity contribution in [1.29, 1.82) is 0 Å². The second-order valence-electron chi connectivity index (χ2n) is 10.1. The largest absolute Gasteiger partial charge is 0.469 e. The van der Waals surface area contributed by atoms with Gasteiger partial charge in [0.25, 0.3) is 0 Å². The lowest BCUT2D eigenvalue weighted by atomic mass is 9.49. The summed E-state index contributed by atoms with van der Waals surface area (Å²) in [6, 6.07) is 0. The molecule has 152 valence electrons. The van der Waals surface area contributed by atoms with E-state index in [-0.39, 0.29) is 35.6 Å². The van der Waals surface area contributed by atoms with Gasteiger partial charge in [-0.1, -0.05) is 24.6 Å². The molecule has 6 rings (SSSR count). The van der Waals surface area contributed by atoms with E-state index in [9.17, 15) is 20.1 Å². The predicted octanol–water partition coefficient (Wildman–Crippen LogP) is 0.824. The van der Waals surface area contributed by atoms with Crippen LogP contribution in [0, 0.1) is 35.0 Å². The molecule has 3 N–H and O–H groups in total. The summed E-state index contributed by atoms with van der Waals surface area (Å²) in [6.07, 6.45) is 5.74. The zero-order valence-electron chi connectivity index (χ0n) is 16.5. The van der Waals surface area contributed by atoms with Crippen LogP contribution in [-0.2, 0) is 9.53 Å².